The quantitative estimate of drug-likeness (QED) is 0.476. The summed E-state index contributed by atoms with van der Waals surface area (Å²) in [5, 5.41) is 11.8. The molecule has 2 aromatic rings. The third kappa shape index (κ3) is 7.05. The predicted molar refractivity (Wildman–Crippen MR) is 132 cm³/mol. The Kier molecular flexibility index (Phi) is 9.25. The topological polar surface area (TPSA) is 105 Å². The van der Waals surface area contributed by atoms with E-state index in [4.69, 9.17) is 14.6 Å². The fraction of sp³-hybridized carbons (Fsp3) is 0.444. The van der Waals surface area contributed by atoms with Gasteiger partial charge in [-0.1, -0.05) is 62.4 Å². The van der Waals surface area contributed by atoms with Crippen LogP contribution in [0.25, 0.3) is 11.1 Å². The molecular formula is C27H34N2O6. The molecule has 1 aliphatic carbocycles. The van der Waals surface area contributed by atoms with Gasteiger partial charge in [0.1, 0.15) is 13.2 Å². The van der Waals surface area contributed by atoms with Gasteiger partial charge in [-0.3, -0.25) is 9.59 Å². The van der Waals surface area contributed by atoms with Crippen LogP contribution in [0.2, 0.25) is 0 Å². The van der Waals surface area contributed by atoms with E-state index < -0.39 is 18.2 Å². The Hall–Kier alpha value is -3.39. The average Bonchev–Trinajstić information content (AvgIpc) is 3.14. The minimum atomic E-state index is -1.07. The highest BCUT2D eigenvalue weighted by molar-refractivity contribution is 5.82. The molecule has 1 unspecified atom stereocenters. The van der Waals surface area contributed by atoms with E-state index in [2.05, 4.69) is 29.6 Å². The number of fused-ring (bicyclic) bond motifs is 3. The molecule has 0 saturated carbocycles. The van der Waals surface area contributed by atoms with Crippen molar-refractivity contribution < 1.29 is 29.0 Å². The molecule has 35 heavy (non-hydrogen) atoms. The second-order valence-corrected chi connectivity index (χ2v) is 9.05. The van der Waals surface area contributed by atoms with Crippen molar-refractivity contribution in [2.75, 3.05) is 32.8 Å². The van der Waals surface area contributed by atoms with E-state index in [1.807, 2.05) is 38.1 Å². The molecule has 0 aromatic heterocycles. The monoisotopic (exact) mass is 482 g/mol. The number of nitrogens with one attached hydrogen (secondary N) is 1. The van der Waals surface area contributed by atoms with Gasteiger partial charge in [0.25, 0.3) is 0 Å². The number of alkyl carbamates (subject to hydrolysis) is 1. The summed E-state index contributed by atoms with van der Waals surface area (Å²) >= 11 is 0. The summed E-state index contributed by atoms with van der Waals surface area (Å²) in [7, 11) is 0. The molecular weight excluding hydrogens is 448 g/mol. The third-order valence-corrected chi connectivity index (χ3v) is 5.89. The van der Waals surface area contributed by atoms with E-state index in [1.165, 1.54) is 4.90 Å². The molecule has 0 radical (unpaired) electrons. The maximum Gasteiger partial charge on any atom is 0.407 e. The minimum Gasteiger partial charge on any atom is -0.480 e. The van der Waals surface area contributed by atoms with Crippen LogP contribution in [0, 0.1) is 5.92 Å². The van der Waals surface area contributed by atoms with Crippen LogP contribution in [-0.4, -0.2) is 66.9 Å². The summed E-state index contributed by atoms with van der Waals surface area (Å²) in [5.74, 6) is -1.31. The average molecular weight is 483 g/mol. The largest absolute Gasteiger partial charge is 0.480 e. The first kappa shape index (κ1) is 26.2. The lowest BCUT2D eigenvalue weighted by Crippen LogP contribution is -2.42. The maximum absolute atomic E-state index is 12.7. The Bertz CT molecular complexity index is 992. The van der Waals surface area contributed by atoms with Gasteiger partial charge in [-0.2, -0.15) is 0 Å². The molecule has 2 N–H and O–H groups in total. The molecule has 0 heterocycles. The molecule has 0 aliphatic heterocycles. The van der Waals surface area contributed by atoms with Gasteiger partial charge < -0.3 is 24.8 Å². The van der Waals surface area contributed by atoms with E-state index in [9.17, 15) is 14.4 Å². The molecule has 188 valence electrons. The van der Waals surface area contributed by atoms with Crippen molar-refractivity contribution in [2.24, 2.45) is 5.92 Å². The molecule has 0 bridgehead atoms. The van der Waals surface area contributed by atoms with Gasteiger partial charge >= 0.3 is 12.1 Å². The van der Waals surface area contributed by atoms with Crippen LogP contribution in [-0.2, 0) is 19.1 Å². The Morgan fingerprint density at radius 2 is 1.63 bits per heavy atom. The number of rotatable bonds is 12. The van der Waals surface area contributed by atoms with E-state index in [0.29, 0.717) is 13.2 Å². The number of hydrogen-bond acceptors (Lipinski definition) is 5. The highest BCUT2D eigenvalue weighted by Crippen LogP contribution is 2.44. The van der Waals surface area contributed by atoms with Gasteiger partial charge in [0.15, 0.2) is 0 Å². The van der Waals surface area contributed by atoms with Crippen LogP contribution >= 0.6 is 0 Å². The number of carbonyl (C=O) groups is 3. The van der Waals surface area contributed by atoms with Crippen molar-refractivity contribution in [3.8, 4) is 11.1 Å². The number of hydrogen-bond donors (Lipinski definition) is 2. The molecule has 0 saturated heterocycles. The van der Waals surface area contributed by atoms with Gasteiger partial charge in [0.05, 0.1) is 12.5 Å². The summed E-state index contributed by atoms with van der Waals surface area (Å²) < 4.78 is 11.2. The van der Waals surface area contributed by atoms with E-state index in [1.54, 1.807) is 6.92 Å². The molecule has 3 rings (SSSR count). The maximum atomic E-state index is 12.7. The number of nitrogens with zero attached hydrogens (tertiary/aromatic N) is 1. The first-order valence-corrected chi connectivity index (χ1v) is 12.0. The third-order valence-electron chi connectivity index (χ3n) is 5.89. The minimum absolute atomic E-state index is 0.0303. The standard InChI is InChI=1S/C27H34N2O6/c1-4-34-19(13-25(30)29(15-18(2)3)16-26(31)32)14-28-27(33)35-17-24-22-11-7-5-9-20(22)21-10-6-8-12-23(21)24/h5-12,18-19,24H,4,13-17H2,1-3H3,(H,28,33)(H,31,32). The van der Waals surface area contributed by atoms with Crippen molar-refractivity contribution >= 4 is 18.0 Å². The molecule has 2 aromatic carbocycles. The Morgan fingerprint density at radius 1 is 1.03 bits per heavy atom. The molecule has 0 fully saturated rings. The van der Waals surface area contributed by atoms with Crippen LogP contribution in [0.15, 0.2) is 48.5 Å². The van der Waals surface area contributed by atoms with Crippen LogP contribution in [0.1, 0.15) is 44.2 Å². The summed E-state index contributed by atoms with van der Waals surface area (Å²) in [6, 6.07) is 16.2. The number of carboxylic acid groups (broad SMARTS) is 1. The first-order chi connectivity index (χ1) is 16.8. The van der Waals surface area contributed by atoms with E-state index in [-0.39, 0.29) is 43.9 Å². The van der Waals surface area contributed by atoms with Crippen molar-refractivity contribution in [3.05, 3.63) is 59.7 Å². The van der Waals surface area contributed by atoms with Crippen molar-refractivity contribution in [2.45, 2.75) is 39.2 Å². The first-order valence-electron chi connectivity index (χ1n) is 12.0. The Balaban J connectivity index is 1.55. The number of benzene rings is 2. The lowest BCUT2D eigenvalue weighted by atomic mass is 9.98. The van der Waals surface area contributed by atoms with Crippen LogP contribution in [0.3, 0.4) is 0 Å². The number of aliphatic carboxylic acids is 1. The molecule has 1 aliphatic rings. The molecule has 1 atom stereocenters. The van der Waals surface area contributed by atoms with Gasteiger partial charge in [0.2, 0.25) is 5.91 Å². The molecule has 8 heteroatoms. The highest BCUT2D eigenvalue weighted by atomic mass is 16.5. The number of carboxylic acids is 1. The number of carbonyl (C=O) groups excluding carboxylic acids is 2. The van der Waals surface area contributed by atoms with Gasteiger partial charge in [-0.05, 0) is 35.1 Å². The normalized spacial score (nSPS) is 13.1. The fourth-order valence-corrected chi connectivity index (χ4v) is 4.45. The van der Waals surface area contributed by atoms with E-state index in [0.717, 1.165) is 22.3 Å². The zero-order valence-corrected chi connectivity index (χ0v) is 20.5. The van der Waals surface area contributed by atoms with Crippen molar-refractivity contribution in [1.82, 2.24) is 10.2 Å². The predicted octanol–water partition coefficient (Wildman–Crippen LogP) is 3.89. The second kappa shape index (κ2) is 12.4. The van der Waals surface area contributed by atoms with Crippen LogP contribution < -0.4 is 5.32 Å². The highest BCUT2D eigenvalue weighted by Gasteiger charge is 2.29. The van der Waals surface area contributed by atoms with Crippen molar-refractivity contribution in [3.63, 3.8) is 0 Å². The zero-order chi connectivity index (χ0) is 25.4. The second-order valence-electron chi connectivity index (χ2n) is 9.05. The van der Waals surface area contributed by atoms with Gasteiger partial charge in [-0.25, -0.2) is 4.79 Å². The summed E-state index contributed by atoms with van der Waals surface area (Å²) in [4.78, 5) is 37.7. The summed E-state index contributed by atoms with van der Waals surface area (Å²) in [5.41, 5.74) is 4.56. The molecule has 0 spiro atoms. The van der Waals surface area contributed by atoms with E-state index >= 15 is 0 Å². The Morgan fingerprint density at radius 3 is 2.17 bits per heavy atom. The van der Waals surface area contributed by atoms with Crippen LogP contribution in [0.5, 0.6) is 0 Å². The molecule has 8 nitrogen and oxygen atoms in total. The lowest BCUT2D eigenvalue weighted by Gasteiger charge is -2.25. The zero-order valence-electron chi connectivity index (χ0n) is 20.5. The lowest BCUT2D eigenvalue weighted by molar-refractivity contribution is -0.146. The molecule has 2 amide bonds. The number of amides is 2. The Labute approximate surface area is 206 Å². The van der Waals surface area contributed by atoms with Crippen molar-refractivity contribution in [1.29, 1.82) is 0 Å². The van der Waals surface area contributed by atoms with Gasteiger partial charge in [-0.15, -0.1) is 0 Å². The fourth-order valence-electron chi connectivity index (χ4n) is 4.45. The van der Waals surface area contributed by atoms with Gasteiger partial charge in [0, 0.05) is 25.6 Å². The smallest absolute Gasteiger partial charge is 0.407 e. The SMILES string of the molecule is CCOC(CNC(=O)OCC1c2ccccc2-c2ccccc21)CC(=O)N(CC(=O)O)CC(C)C. The number of ether oxygens (including phenoxy) is 2. The van der Waals surface area contributed by atoms with Crippen LogP contribution in [0.4, 0.5) is 4.79 Å². The summed E-state index contributed by atoms with van der Waals surface area (Å²) in [6.45, 7) is 6.24. The summed E-state index contributed by atoms with van der Waals surface area (Å²) in [6.07, 6.45) is -1.21.